The number of pyridine rings is 1. The number of aromatic carboxylic acids is 1. The van der Waals surface area contributed by atoms with Gasteiger partial charge in [-0.15, -0.1) is 11.8 Å². The first-order valence-corrected chi connectivity index (χ1v) is 14.1. The molecule has 208 valence electrons. The molecule has 0 saturated heterocycles. The number of carbonyl (C=O) groups excluding carboxylic acids is 1. The lowest BCUT2D eigenvalue weighted by Crippen LogP contribution is -2.32. The minimum absolute atomic E-state index is 0.252. The molecule has 0 saturated carbocycles. The van der Waals surface area contributed by atoms with E-state index in [1.54, 1.807) is 12.1 Å². The Morgan fingerprint density at radius 3 is 2.33 bits per heavy atom. The van der Waals surface area contributed by atoms with Gasteiger partial charge in [0.25, 0.3) is 0 Å². The second-order valence-electron chi connectivity index (χ2n) is 10.9. The van der Waals surface area contributed by atoms with Crippen molar-refractivity contribution >= 4 is 23.8 Å². The number of hydrogen-bond donors (Lipinski definition) is 3. The van der Waals surface area contributed by atoms with Gasteiger partial charge in [-0.3, -0.25) is 4.98 Å². The van der Waals surface area contributed by atoms with Crippen LogP contribution in [0.25, 0.3) is 11.1 Å². The number of carboxylic acids is 1. The van der Waals surface area contributed by atoms with Gasteiger partial charge >= 0.3 is 12.1 Å². The third kappa shape index (κ3) is 8.31. The van der Waals surface area contributed by atoms with E-state index >= 15 is 0 Å². The molecule has 1 aromatic heterocycles. The number of thioether (sulfide) groups is 1. The van der Waals surface area contributed by atoms with E-state index in [1.165, 1.54) is 11.8 Å². The Balaban J connectivity index is 2.15. The summed E-state index contributed by atoms with van der Waals surface area (Å²) in [5, 5.41) is 12.6. The van der Waals surface area contributed by atoms with Crippen LogP contribution in [0.5, 0.6) is 0 Å². The summed E-state index contributed by atoms with van der Waals surface area (Å²) >= 11 is 1.47. The topological polar surface area (TPSA) is 115 Å². The molecule has 7 nitrogen and oxygen atoms in total. The second kappa shape index (κ2) is 13.1. The molecule has 1 amide bonds. The molecule has 0 radical (unpaired) electrons. The van der Waals surface area contributed by atoms with Crippen molar-refractivity contribution in [1.82, 2.24) is 10.3 Å². The minimum Gasteiger partial charge on any atom is -0.478 e. The first kappa shape index (κ1) is 30.2. The molecule has 8 heteroatoms. The van der Waals surface area contributed by atoms with E-state index < -0.39 is 17.7 Å². The first-order valence-electron chi connectivity index (χ1n) is 13.1. The smallest absolute Gasteiger partial charge is 0.407 e. The maximum Gasteiger partial charge on any atom is 0.407 e. The van der Waals surface area contributed by atoms with Crippen LogP contribution in [0.3, 0.4) is 0 Å². The molecule has 0 atom stereocenters. The highest BCUT2D eigenvalue weighted by Crippen LogP contribution is 2.37. The summed E-state index contributed by atoms with van der Waals surface area (Å²) in [5.41, 5.74) is 12.3. The number of alkyl carbamates (subject to hydrolysis) is 1. The molecule has 1 heterocycles. The molecular weight excluding hydrogens is 510 g/mol. The lowest BCUT2D eigenvalue weighted by atomic mass is 9.90. The molecule has 0 aliphatic heterocycles. The summed E-state index contributed by atoms with van der Waals surface area (Å²) < 4.78 is 5.51. The zero-order valence-corrected chi connectivity index (χ0v) is 24.4. The number of nitrogens with two attached hydrogens (primary N) is 1. The SMILES string of the molecule is Cc1nc(CC(C)C)c(CNC(=O)OC(C)(C)C)c(-c2ccc(CN)cc2)c1CSc1ccccc1C(=O)O. The molecule has 0 bridgehead atoms. The van der Waals surface area contributed by atoms with Gasteiger partial charge in [0, 0.05) is 40.7 Å². The molecule has 2 aromatic carbocycles. The van der Waals surface area contributed by atoms with E-state index in [-0.39, 0.29) is 12.1 Å². The number of benzene rings is 2. The maximum absolute atomic E-state index is 12.6. The molecule has 4 N–H and O–H groups in total. The average molecular weight is 550 g/mol. The van der Waals surface area contributed by atoms with Gasteiger partial charge in [0.15, 0.2) is 0 Å². The first-order chi connectivity index (χ1) is 18.4. The Kier molecular flexibility index (Phi) is 10.2. The predicted octanol–water partition coefficient (Wildman–Crippen LogP) is 6.73. The number of amides is 1. The van der Waals surface area contributed by atoms with Crippen LogP contribution in [0.2, 0.25) is 0 Å². The van der Waals surface area contributed by atoms with E-state index in [0.717, 1.165) is 45.6 Å². The standard InChI is InChI=1S/C31H39N3O4S/c1-19(2)15-26-24(17-33-30(37)38-31(4,5)6)28(22-13-11-21(16-32)12-14-22)25(20(3)34-26)18-39-27-10-8-7-9-23(27)29(35)36/h7-14,19H,15-18,32H2,1-6H3,(H,33,37)(H,35,36). The third-order valence-electron chi connectivity index (χ3n) is 6.07. The number of ether oxygens (including phenoxy) is 1. The fourth-order valence-electron chi connectivity index (χ4n) is 4.32. The van der Waals surface area contributed by atoms with Crippen molar-refractivity contribution < 1.29 is 19.4 Å². The van der Waals surface area contributed by atoms with Crippen molar-refractivity contribution in [3.8, 4) is 11.1 Å². The molecule has 0 aliphatic carbocycles. The van der Waals surface area contributed by atoms with Crippen LogP contribution >= 0.6 is 11.8 Å². The van der Waals surface area contributed by atoms with Crippen molar-refractivity contribution in [3.63, 3.8) is 0 Å². The molecule has 0 fully saturated rings. The lowest BCUT2D eigenvalue weighted by molar-refractivity contribution is 0.0523. The van der Waals surface area contributed by atoms with Crippen LogP contribution in [0.1, 0.15) is 73.1 Å². The number of aromatic nitrogens is 1. The van der Waals surface area contributed by atoms with Gasteiger partial charge in [-0.1, -0.05) is 50.2 Å². The second-order valence-corrected chi connectivity index (χ2v) is 11.9. The number of nitrogens with zero attached hydrogens (tertiary/aromatic N) is 1. The summed E-state index contributed by atoms with van der Waals surface area (Å²) in [5.74, 6) is -0.0919. The van der Waals surface area contributed by atoms with E-state index in [0.29, 0.717) is 23.1 Å². The monoisotopic (exact) mass is 549 g/mol. The Hall–Kier alpha value is -3.36. The Labute approximate surface area is 235 Å². The van der Waals surface area contributed by atoms with Crippen molar-refractivity contribution in [2.75, 3.05) is 0 Å². The van der Waals surface area contributed by atoms with Gasteiger partial charge < -0.3 is 20.9 Å². The van der Waals surface area contributed by atoms with E-state index in [1.807, 2.05) is 64.1 Å². The number of rotatable bonds is 10. The number of nitrogens with one attached hydrogen (secondary N) is 1. The summed E-state index contributed by atoms with van der Waals surface area (Å²) in [6, 6.07) is 15.1. The van der Waals surface area contributed by atoms with Gasteiger partial charge in [0.05, 0.1) is 5.56 Å². The lowest BCUT2D eigenvalue weighted by Gasteiger charge is -2.24. The van der Waals surface area contributed by atoms with Gasteiger partial charge in [0.2, 0.25) is 0 Å². The van der Waals surface area contributed by atoms with Crippen LogP contribution in [-0.4, -0.2) is 27.8 Å². The van der Waals surface area contributed by atoms with Gasteiger partial charge in [0.1, 0.15) is 5.60 Å². The Bertz CT molecular complexity index is 1310. The normalized spacial score (nSPS) is 11.5. The zero-order valence-electron chi connectivity index (χ0n) is 23.6. The number of aryl methyl sites for hydroxylation is 1. The molecule has 3 aromatic rings. The summed E-state index contributed by atoms with van der Waals surface area (Å²) in [6.07, 6.45) is 0.254. The van der Waals surface area contributed by atoms with Gasteiger partial charge in [-0.05, 0) is 74.4 Å². The van der Waals surface area contributed by atoms with Crippen LogP contribution in [0, 0.1) is 12.8 Å². The van der Waals surface area contributed by atoms with Gasteiger partial charge in [-0.2, -0.15) is 0 Å². The molecule has 39 heavy (non-hydrogen) atoms. The molecule has 0 spiro atoms. The highest BCUT2D eigenvalue weighted by molar-refractivity contribution is 7.98. The minimum atomic E-state index is -0.958. The third-order valence-corrected chi connectivity index (χ3v) is 7.17. The van der Waals surface area contributed by atoms with E-state index in [4.69, 9.17) is 15.5 Å². The maximum atomic E-state index is 12.6. The fraction of sp³-hybridized carbons (Fsp3) is 0.387. The Morgan fingerprint density at radius 1 is 1.08 bits per heavy atom. The fourth-order valence-corrected chi connectivity index (χ4v) is 5.46. The number of carboxylic acid groups (broad SMARTS) is 1. The number of carbonyl (C=O) groups is 2. The largest absolute Gasteiger partial charge is 0.478 e. The zero-order chi connectivity index (χ0) is 28.7. The molecule has 3 rings (SSSR count). The highest BCUT2D eigenvalue weighted by Gasteiger charge is 2.23. The van der Waals surface area contributed by atoms with Gasteiger partial charge in [-0.25, -0.2) is 9.59 Å². The molecule has 0 unspecified atom stereocenters. The summed E-state index contributed by atoms with van der Waals surface area (Å²) in [7, 11) is 0. The number of hydrogen-bond acceptors (Lipinski definition) is 6. The molecule has 0 aliphatic rings. The van der Waals surface area contributed by atoms with Crippen LogP contribution in [-0.2, 0) is 30.0 Å². The highest BCUT2D eigenvalue weighted by atomic mass is 32.2. The van der Waals surface area contributed by atoms with Crippen molar-refractivity contribution in [2.45, 2.75) is 77.3 Å². The van der Waals surface area contributed by atoms with E-state index in [2.05, 4.69) is 19.2 Å². The summed E-state index contributed by atoms with van der Waals surface area (Å²) in [4.78, 5) is 30.1. The van der Waals surface area contributed by atoms with Crippen LogP contribution in [0.15, 0.2) is 53.4 Å². The quantitative estimate of drug-likeness (QED) is 0.240. The van der Waals surface area contributed by atoms with E-state index in [9.17, 15) is 14.7 Å². The predicted molar refractivity (Wildman–Crippen MR) is 157 cm³/mol. The van der Waals surface area contributed by atoms with Crippen molar-refractivity contribution in [3.05, 3.63) is 82.2 Å². The van der Waals surface area contributed by atoms with Crippen molar-refractivity contribution in [1.29, 1.82) is 0 Å². The summed E-state index contributed by atoms with van der Waals surface area (Å²) in [6.45, 7) is 12.5. The molecular formula is C31H39N3O4S. The van der Waals surface area contributed by atoms with Crippen LogP contribution in [0.4, 0.5) is 4.79 Å². The average Bonchev–Trinajstić information content (AvgIpc) is 2.86. The Morgan fingerprint density at radius 2 is 1.74 bits per heavy atom. The van der Waals surface area contributed by atoms with Crippen LogP contribution < -0.4 is 11.1 Å². The van der Waals surface area contributed by atoms with Crippen molar-refractivity contribution in [2.24, 2.45) is 11.7 Å².